The molecule has 10 nitrogen and oxygen atoms in total. The molecule has 2 rings (SSSR count). The molecule has 0 radical (unpaired) electrons. The van der Waals surface area contributed by atoms with Crippen molar-refractivity contribution in [2.24, 2.45) is 0 Å². The number of aliphatic hydroxyl groups excluding tert-OH is 2. The summed E-state index contributed by atoms with van der Waals surface area (Å²) in [6, 6.07) is 9.98. The number of likely N-dealkylation sites (N-methyl/N-ethyl adjacent to an activating group) is 1. The van der Waals surface area contributed by atoms with Crippen molar-refractivity contribution in [3.05, 3.63) is 39.8 Å². The van der Waals surface area contributed by atoms with Crippen molar-refractivity contribution in [2.75, 3.05) is 82.8 Å². The Morgan fingerprint density at radius 2 is 1.61 bits per heavy atom. The molecule has 36 heavy (non-hydrogen) atoms. The summed E-state index contributed by atoms with van der Waals surface area (Å²) in [7, 11) is 1.61. The topological polar surface area (TPSA) is 171 Å². The number of aryl methyl sites for hydroxylation is 1. The first-order valence-electron chi connectivity index (χ1n) is 11.5. The van der Waals surface area contributed by atoms with Gasteiger partial charge in [-0.15, -0.1) is 11.3 Å². The van der Waals surface area contributed by atoms with Crippen LogP contribution in [0.15, 0.2) is 18.2 Å². The summed E-state index contributed by atoms with van der Waals surface area (Å²) in [5, 5.41) is 34.4. The zero-order valence-electron chi connectivity index (χ0n) is 21.6. The molecule has 0 spiro atoms. The molecule has 0 aliphatic heterocycles. The fraction of sp³-hybridized carbons (Fsp3) is 0.520. The third kappa shape index (κ3) is 12.7. The number of anilines is 3. The maximum atomic E-state index is 8.62. The van der Waals surface area contributed by atoms with Gasteiger partial charge in [-0.3, -0.25) is 0 Å². The maximum Gasteiger partial charge on any atom is 0.111 e. The molecule has 0 saturated carbocycles. The average Bonchev–Trinajstić information content (AvgIpc) is 3.16. The van der Waals surface area contributed by atoms with Crippen molar-refractivity contribution in [3.8, 4) is 12.1 Å². The van der Waals surface area contributed by atoms with Crippen molar-refractivity contribution in [1.29, 1.82) is 10.5 Å². The molecule has 0 fully saturated rings. The van der Waals surface area contributed by atoms with Gasteiger partial charge in [0.05, 0.1) is 51.8 Å². The van der Waals surface area contributed by atoms with Crippen molar-refractivity contribution >= 4 is 27.7 Å². The van der Waals surface area contributed by atoms with E-state index < -0.39 is 0 Å². The number of thiophene rings is 1. The summed E-state index contributed by atoms with van der Waals surface area (Å²) in [6.45, 7) is 10.3. The lowest BCUT2D eigenvalue weighted by molar-refractivity contribution is 0.0500. The molecule has 0 bridgehead atoms. The summed E-state index contributed by atoms with van der Waals surface area (Å²) in [5.74, 6) is 0. The fourth-order valence-electron chi connectivity index (χ4n) is 2.76. The molecular formula is C25H39N5O5S. The molecule has 1 aromatic carbocycles. The molecule has 0 aliphatic rings. The van der Waals surface area contributed by atoms with Gasteiger partial charge < -0.3 is 40.8 Å². The van der Waals surface area contributed by atoms with Crippen molar-refractivity contribution in [3.63, 3.8) is 0 Å². The van der Waals surface area contributed by atoms with Crippen LogP contribution in [0.3, 0.4) is 0 Å². The molecule has 200 valence electrons. The van der Waals surface area contributed by atoms with Crippen molar-refractivity contribution < 1.29 is 24.4 Å². The Kier molecular flexibility index (Phi) is 18.7. The highest BCUT2D eigenvalue weighted by atomic mass is 32.1. The minimum Gasteiger partial charge on any atom is -0.399 e. The number of benzene rings is 1. The predicted molar refractivity (Wildman–Crippen MR) is 144 cm³/mol. The molecule has 0 unspecified atom stereocenters. The van der Waals surface area contributed by atoms with Gasteiger partial charge >= 0.3 is 0 Å². The lowest BCUT2D eigenvalue weighted by Gasteiger charge is -2.23. The highest BCUT2D eigenvalue weighted by molar-refractivity contribution is 7.16. The van der Waals surface area contributed by atoms with Crippen LogP contribution in [-0.2, 0) is 14.2 Å². The van der Waals surface area contributed by atoms with Gasteiger partial charge in [0.1, 0.15) is 22.0 Å². The van der Waals surface area contributed by atoms with Gasteiger partial charge in [-0.25, -0.2) is 0 Å². The summed E-state index contributed by atoms with van der Waals surface area (Å²) in [6.07, 6.45) is 0. The summed E-state index contributed by atoms with van der Waals surface area (Å²) in [4.78, 5) is 2.75. The van der Waals surface area contributed by atoms with E-state index in [9.17, 15) is 0 Å². The molecule has 0 amide bonds. The quantitative estimate of drug-likeness (QED) is 0.240. The highest BCUT2D eigenvalue weighted by Crippen LogP contribution is 2.28. The molecule has 1 heterocycles. The second-order valence-corrected chi connectivity index (χ2v) is 8.36. The average molecular weight is 522 g/mol. The number of methoxy groups -OCH3 is 1. The SMILES string of the molecule is CCN(CCOCCO)c1ccc(N)c(C)c1.COCCOCCO.Cc1c(C#N)sc(N)c1C#N. The first kappa shape index (κ1) is 33.1. The summed E-state index contributed by atoms with van der Waals surface area (Å²) in [5.41, 5.74) is 15.5. The zero-order valence-corrected chi connectivity index (χ0v) is 22.4. The number of aliphatic hydroxyl groups is 2. The van der Waals surface area contributed by atoms with E-state index in [1.165, 1.54) is 0 Å². The monoisotopic (exact) mass is 521 g/mol. The van der Waals surface area contributed by atoms with Crippen LogP contribution in [0, 0.1) is 36.5 Å². The van der Waals surface area contributed by atoms with Crippen LogP contribution in [0.4, 0.5) is 16.4 Å². The number of nitriles is 2. The van der Waals surface area contributed by atoms with Gasteiger partial charge in [0.25, 0.3) is 0 Å². The number of ether oxygens (including phenoxy) is 3. The number of nitrogen functional groups attached to an aromatic ring is 2. The number of rotatable bonds is 12. The Bertz CT molecular complexity index is 950. The molecule has 11 heteroatoms. The lowest BCUT2D eigenvalue weighted by Crippen LogP contribution is -2.27. The standard InChI is InChI=1S/C13H22N2O2.C7H5N3S.C5H12O3/c1-3-15(6-8-17-9-7-16)12-4-5-13(14)11(2)10-12;1-4-5(2-8)7(10)11-6(4)3-9;1-7-4-5-8-3-2-6/h4-5,10,16H,3,6-9,14H2,1-2H3;10H2,1H3;6H,2-5H2,1H3. The Hall–Kier alpha value is -2.90. The van der Waals surface area contributed by atoms with Gasteiger partial charge in [-0.05, 0) is 50.1 Å². The van der Waals surface area contributed by atoms with E-state index in [2.05, 4.69) is 22.6 Å². The summed E-state index contributed by atoms with van der Waals surface area (Å²) >= 11 is 1.16. The fourth-order valence-corrected chi connectivity index (χ4v) is 3.58. The van der Waals surface area contributed by atoms with E-state index in [0.717, 1.165) is 41.4 Å². The Labute approximate surface area is 218 Å². The van der Waals surface area contributed by atoms with Crippen LogP contribution in [0.5, 0.6) is 0 Å². The van der Waals surface area contributed by atoms with Crippen molar-refractivity contribution in [2.45, 2.75) is 20.8 Å². The zero-order chi connectivity index (χ0) is 27.3. The molecule has 0 saturated heterocycles. The van der Waals surface area contributed by atoms with Gasteiger partial charge in [0.15, 0.2) is 0 Å². The number of nitrogens with zero attached hydrogens (tertiary/aromatic N) is 3. The van der Waals surface area contributed by atoms with E-state index in [4.69, 9.17) is 41.7 Å². The van der Waals surface area contributed by atoms with Gasteiger partial charge in [-0.2, -0.15) is 10.5 Å². The molecule has 6 N–H and O–H groups in total. The largest absolute Gasteiger partial charge is 0.399 e. The van der Waals surface area contributed by atoms with E-state index in [0.29, 0.717) is 54.0 Å². The third-order valence-corrected chi connectivity index (χ3v) is 5.82. The first-order chi connectivity index (χ1) is 17.3. The Morgan fingerprint density at radius 3 is 2.06 bits per heavy atom. The van der Waals surface area contributed by atoms with Crippen LogP contribution in [-0.4, -0.2) is 76.7 Å². The smallest absolute Gasteiger partial charge is 0.111 e. The minimum atomic E-state index is 0.0765. The van der Waals surface area contributed by atoms with Crippen molar-refractivity contribution in [1.82, 2.24) is 0 Å². The van der Waals surface area contributed by atoms with Crippen LogP contribution in [0.25, 0.3) is 0 Å². The first-order valence-corrected chi connectivity index (χ1v) is 12.3. The van der Waals surface area contributed by atoms with Gasteiger partial charge in [0.2, 0.25) is 0 Å². The van der Waals surface area contributed by atoms with E-state index in [-0.39, 0.29) is 13.2 Å². The van der Waals surface area contributed by atoms with Crippen LogP contribution < -0.4 is 16.4 Å². The number of hydrogen-bond donors (Lipinski definition) is 4. The van der Waals surface area contributed by atoms with E-state index >= 15 is 0 Å². The maximum absolute atomic E-state index is 8.62. The lowest BCUT2D eigenvalue weighted by atomic mass is 10.1. The third-order valence-electron chi connectivity index (χ3n) is 4.80. The van der Waals surface area contributed by atoms with Gasteiger partial charge in [-0.1, -0.05) is 0 Å². The second kappa shape index (κ2) is 20.3. The Morgan fingerprint density at radius 1 is 0.972 bits per heavy atom. The summed E-state index contributed by atoms with van der Waals surface area (Å²) < 4.78 is 14.8. The number of nitrogens with two attached hydrogens (primary N) is 2. The van der Waals surface area contributed by atoms with Crippen LogP contribution in [0.2, 0.25) is 0 Å². The molecule has 0 aliphatic carbocycles. The number of hydrogen-bond acceptors (Lipinski definition) is 11. The normalized spacial score (nSPS) is 9.78. The van der Waals surface area contributed by atoms with Gasteiger partial charge in [0, 0.05) is 31.6 Å². The Balaban J connectivity index is 0.000000555. The second-order valence-electron chi connectivity index (χ2n) is 7.30. The van der Waals surface area contributed by atoms with E-state index in [1.807, 2.05) is 31.2 Å². The molecule has 1 aromatic heterocycles. The predicted octanol–water partition coefficient (Wildman–Crippen LogP) is 2.44. The highest BCUT2D eigenvalue weighted by Gasteiger charge is 2.11. The van der Waals surface area contributed by atoms with E-state index in [1.54, 1.807) is 14.0 Å². The van der Waals surface area contributed by atoms with Crippen LogP contribution >= 0.6 is 11.3 Å². The molecule has 2 aromatic rings. The van der Waals surface area contributed by atoms with Crippen LogP contribution in [0.1, 0.15) is 28.5 Å². The molecule has 0 atom stereocenters. The minimum absolute atomic E-state index is 0.0765. The molecular weight excluding hydrogens is 482 g/mol.